The van der Waals surface area contributed by atoms with Crippen molar-refractivity contribution in [2.75, 3.05) is 0 Å². The van der Waals surface area contributed by atoms with Crippen LogP contribution in [0.15, 0.2) is 24.3 Å². The van der Waals surface area contributed by atoms with Gasteiger partial charge in [-0.2, -0.15) is 10.5 Å². The lowest BCUT2D eigenvalue weighted by Gasteiger charge is -2.01. The molecule has 0 unspecified atom stereocenters. The minimum atomic E-state index is -1.28. The number of hydrogen-bond donors (Lipinski definition) is 0. The van der Waals surface area contributed by atoms with Crippen LogP contribution in [0, 0.1) is 28.6 Å². The third kappa shape index (κ3) is 1.90. The molecule has 3 nitrogen and oxygen atoms in total. The summed E-state index contributed by atoms with van der Waals surface area (Å²) in [5.41, 5.74) is 0.210. The SMILES string of the molecule is N#CC(C#N)C(=O)c1ccccc1Cl. The minimum absolute atomic E-state index is 0.210. The highest BCUT2D eigenvalue weighted by Crippen LogP contribution is 2.18. The van der Waals surface area contributed by atoms with E-state index in [0.717, 1.165) is 0 Å². The number of ketones is 1. The van der Waals surface area contributed by atoms with Crippen LogP contribution in [-0.4, -0.2) is 5.78 Å². The maximum absolute atomic E-state index is 11.5. The number of carbonyl (C=O) groups excluding carboxylic acids is 1. The standard InChI is InChI=1S/C10H5ClN2O/c11-9-4-2-1-3-8(9)10(14)7(5-12)6-13/h1-4,7H. The summed E-state index contributed by atoms with van der Waals surface area (Å²) >= 11 is 5.74. The van der Waals surface area contributed by atoms with E-state index in [9.17, 15) is 4.79 Å². The maximum atomic E-state index is 11.5. The summed E-state index contributed by atoms with van der Waals surface area (Å²) in [5.74, 6) is -1.84. The van der Waals surface area contributed by atoms with Gasteiger partial charge in [0.25, 0.3) is 0 Å². The van der Waals surface area contributed by atoms with Gasteiger partial charge < -0.3 is 0 Å². The highest BCUT2D eigenvalue weighted by atomic mass is 35.5. The third-order valence-corrected chi connectivity index (χ3v) is 1.99. The van der Waals surface area contributed by atoms with Gasteiger partial charge in [0.05, 0.1) is 17.2 Å². The summed E-state index contributed by atoms with van der Waals surface area (Å²) in [5, 5.41) is 17.3. The van der Waals surface area contributed by atoms with Crippen molar-refractivity contribution in [1.82, 2.24) is 0 Å². The van der Waals surface area contributed by atoms with Gasteiger partial charge in [-0.25, -0.2) is 0 Å². The largest absolute Gasteiger partial charge is 0.291 e. The summed E-state index contributed by atoms with van der Waals surface area (Å²) in [4.78, 5) is 11.5. The minimum Gasteiger partial charge on any atom is -0.291 e. The Kier molecular flexibility index (Phi) is 3.23. The van der Waals surface area contributed by atoms with E-state index >= 15 is 0 Å². The van der Waals surface area contributed by atoms with Crippen molar-refractivity contribution in [2.45, 2.75) is 0 Å². The van der Waals surface area contributed by atoms with E-state index in [1.165, 1.54) is 6.07 Å². The summed E-state index contributed by atoms with van der Waals surface area (Å²) < 4.78 is 0. The first-order valence-corrected chi connectivity index (χ1v) is 4.16. The molecule has 0 aromatic heterocycles. The molecule has 4 heteroatoms. The summed E-state index contributed by atoms with van der Waals surface area (Å²) in [6.07, 6.45) is 0. The molecule has 0 saturated carbocycles. The van der Waals surface area contributed by atoms with Gasteiger partial charge in [0.1, 0.15) is 0 Å². The molecular formula is C10H5ClN2O. The molecule has 0 radical (unpaired) electrons. The Labute approximate surface area is 86.1 Å². The summed E-state index contributed by atoms with van der Waals surface area (Å²) in [6, 6.07) is 9.55. The van der Waals surface area contributed by atoms with E-state index in [1.807, 2.05) is 0 Å². The Morgan fingerprint density at radius 1 is 1.29 bits per heavy atom. The molecule has 68 valence electrons. The lowest BCUT2D eigenvalue weighted by atomic mass is 10.0. The van der Waals surface area contributed by atoms with Crippen molar-refractivity contribution in [3.8, 4) is 12.1 Å². The molecular weight excluding hydrogens is 200 g/mol. The zero-order valence-electron chi connectivity index (χ0n) is 7.07. The van der Waals surface area contributed by atoms with E-state index in [4.69, 9.17) is 22.1 Å². The lowest BCUT2D eigenvalue weighted by Crippen LogP contribution is -2.11. The molecule has 0 fully saturated rings. The van der Waals surface area contributed by atoms with Crippen molar-refractivity contribution >= 4 is 17.4 Å². The van der Waals surface area contributed by atoms with E-state index < -0.39 is 11.7 Å². The average Bonchev–Trinajstić information content (AvgIpc) is 2.20. The highest BCUT2D eigenvalue weighted by molar-refractivity contribution is 6.34. The van der Waals surface area contributed by atoms with Crippen LogP contribution in [-0.2, 0) is 0 Å². The van der Waals surface area contributed by atoms with Gasteiger partial charge in [0.2, 0.25) is 0 Å². The number of rotatable bonds is 2. The highest BCUT2D eigenvalue weighted by Gasteiger charge is 2.20. The predicted molar refractivity (Wildman–Crippen MR) is 50.5 cm³/mol. The van der Waals surface area contributed by atoms with Gasteiger partial charge in [0.15, 0.2) is 11.7 Å². The smallest absolute Gasteiger partial charge is 0.195 e. The molecule has 0 amide bonds. The molecule has 14 heavy (non-hydrogen) atoms. The number of nitriles is 2. The van der Waals surface area contributed by atoms with E-state index in [2.05, 4.69) is 0 Å². The number of halogens is 1. The zero-order valence-corrected chi connectivity index (χ0v) is 7.82. The molecule has 1 rings (SSSR count). The molecule has 0 N–H and O–H groups in total. The predicted octanol–water partition coefficient (Wildman–Crippen LogP) is 2.19. The van der Waals surface area contributed by atoms with Crippen LogP contribution in [0.2, 0.25) is 5.02 Å². The van der Waals surface area contributed by atoms with Crippen molar-refractivity contribution in [1.29, 1.82) is 10.5 Å². The Hall–Kier alpha value is -1.84. The van der Waals surface area contributed by atoms with Crippen LogP contribution in [0.4, 0.5) is 0 Å². The first-order chi connectivity index (χ1) is 6.70. The van der Waals surface area contributed by atoms with Gasteiger partial charge in [-0.15, -0.1) is 0 Å². The molecule has 0 aliphatic heterocycles. The van der Waals surface area contributed by atoms with Gasteiger partial charge in [-0.1, -0.05) is 23.7 Å². The molecule has 0 atom stereocenters. The first-order valence-electron chi connectivity index (χ1n) is 3.78. The number of carbonyl (C=O) groups is 1. The van der Waals surface area contributed by atoms with Gasteiger partial charge >= 0.3 is 0 Å². The van der Waals surface area contributed by atoms with Crippen molar-refractivity contribution in [3.05, 3.63) is 34.9 Å². The van der Waals surface area contributed by atoms with Crippen molar-refractivity contribution < 1.29 is 4.79 Å². The fourth-order valence-electron chi connectivity index (χ4n) is 0.963. The zero-order chi connectivity index (χ0) is 10.6. The van der Waals surface area contributed by atoms with Crippen LogP contribution >= 0.6 is 11.6 Å². The summed E-state index contributed by atoms with van der Waals surface area (Å²) in [6.45, 7) is 0. The second-order valence-electron chi connectivity index (χ2n) is 2.54. The van der Waals surface area contributed by atoms with E-state index in [-0.39, 0.29) is 10.6 Å². The molecule has 0 spiro atoms. The average molecular weight is 205 g/mol. The molecule has 1 aromatic carbocycles. The van der Waals surface area contributed by atoms with Crippen molar-refractivity contribution in [3.63, 3.8) is 0 Å². The number of Topliss-reactive ketones (excluding diaryl/α,β-unsaturated/α-hetero) is 1. The fraction of sp³-hybridized carbons (Fsp3) is 0.100. The van der Waals surface area contributed by atoms with Crippen LogP contribution in [0.25, 0.3) is 0 Å². The Morgan fingerprint density at radius 3 is 2.36 bits per heavy atom. The quantitative estimate of drug-likeness (QED) is 0.694. The molecule has 1 aromatic rings. The monoisotopic (exact) mass is 204 g/mol. The molecule has 0 aliphatic carbocycles. The van der Waals surface area contributed by atoms with Gasteiger partial charge in [-0.05, 0) is 12.1 Å². The molecule has 0 aliphatic rings. The second kappa shape index (κ2) is 4.41. The maximum Gasteiger partial charge on any atom is 0.195 e. The Bertz CT molecular complexity index is 428. The topological polar surface area (TPSA) is 64.7 Å². The Morgan fingerprint density at radius 2 is 1.86 bits per heavy atom. The normalized spacial score (nSPS) is 9.14. The molecule has 0 saturated heterocycles. The van der Waals surface area contributed by atoms with E-state index in [0.29, 0.717) is 0 Å². The van der Waals surface area contributed by atoms with Crippen LogP contribution in [0.5, 0.6) is 0 Å². The van der Waals surface area contributed by atoms with Crippen LogP contribution < -0.4 is 0 Å². The summed E-state index contributed by atoms with van der Waals surface area (Å²) in [7, 11) is 0. The van der Waals surface area contributed by atoms with Gasteiger partial charge in [0, 0.05) is 5.56 Å². The van der Waals surface area contributed by atoms with Crippen molar-refractivity contribution in [2.24, 2.45) is 5.92 Å². The van der Waals surface area contributed by atoms with E-state index in [1.54, 1.807) is 30.3 Å². The molecule has 0 bridgehead atoms. The fourth-order valence-corrected chi connectivity index (χ4v) is 1.19. The second-order valence-corrected chi connectivity index (χ2v) is 2.94. The first kappa shape index (κ1) is 10.2. The number of nitrogens with zero attached hydrogens (tertiary/aromatic N) is 2. The lowest BCUT2D eigenvalue weighted by molar-refractivity contribution is 0.0971. The molecule has 0 heterocycles. The van der Waals surface area contributed by atoms with Crippen LogP contribution in [0.1, 0.15) is 10.4 Å². The third-order valence-electron chi connectivity index (χ3n) is 1.66. The number of benzene rings is 1. The number of hydrogen-bond acceptors (Lipinski definition) is 3. The Balaban J connectivity index is 3.09. The van der Waals surface area contributed by atoms with Crippen LogP contribution in [0.3, 0.4) is 0 Å². The van der Waals surface area contributed by atoms with Gasteiger partial charge in [-0.3, -0.25) is 4.79 Å².